The van der Waals surface area contributed by atoms with Crippen LogP contribution in [0.15, 0.2) is 18.2 Å². The van der Waals surface area contributed by atoms with Crippen molar-refractivity contribution < 1.29 is 17.6 Å². The Morgan fingerprint density at radius 2 is 1.95 bits per heavy atom. The van der Waals surface area contributed by atoms with Gasteiger partial charge in [-0.15, -0.1) is 0 Å². The van der Waals surface area contributed by atoms with Gasteiger partial charge in [0.25, 0.3) is 0 Å². The van der Waals surface area contributed by atoms with E-state index < -0.39 is 23.6 Å². The Morgan fingerprint density at radius 3 is 2.48 bits per heavy atom. The van der Waals surface area contributed by atoms with Gasteiger partial charge in [-0.05, 0) is 55.0 Å². The van der Waals surface area contributed by atoms with Crippen LogP contribution in [0.4, 0.5) is 17.6 Å². The first-order valence-electron chi connectivity index (χ1n) is 7.12. The summed E-state index contributed by atoms with van der Waals surface area (Å²) in [6, 6.07) is 2.11. The monoisotopic (exact) mass is 304 g/mol. The molecule has 0 bridgehead atoms. The fourth-order valence-corrected chi connectivity index (χ4v) is 2.47. The molecule has 1 aromatic rings. The Hall–Kier alpha value is -1.14. The number of hydrogen-bond acceptors (Lipinski definition) is 2. The second-order valence-electron chi connectivity index (χ2n) is 5.78. The Labute approximate surface area is 121 Å². The maximum absolute atomic E-state index is 13.4. The summed E-state index contributed by atoms with van der Waals surface area (Å²) in [6.45, 7) is 2.90. The van der Waals surface area contributed by atoms with Crippen molar-refractivity contribution in [3.05, 3.63) is 35.1 Å². The zero-order valence-electron chi connectivity index (χ0n) is 11.9. The maximum Gasteiger partial charge on any atom is 0.416 e. The van der Waals surface area contributed by atoms with E-state index in [2.05, 4.69) is 12.2 Å². The van der Waals surface area contributed by atoms with Crippen molar-refractivity contribution in [1.29, 1.82) is 0 Å². The molecule has 0 amide bonds. The molecule has 1 saturated carbocycles. The van der Waals surface area contributed by atoms with Gasteiger partial charge >= 0.3 is 6.18 Å². The molecule has 2 unspecified atom stereocenters. The van der Waals surface area contributed by atoms with Gasteiger partial charge in [-0.3, -0.25) is 0 Å². The Bertz CT molecular complexity index is 483. The Kier molecular flexibility index (Phi) is 4.88. The lowest BCUT2D eigenvalue weighted by Gasteiger charge is -2.21. The van der Waals surface area contributed by atoms with Crippen LogP contribution in [0, 0.1) is 17.7 Å². The van der Waals surface area contributed by atoms with Crippen molar-refractivity contribution in [2.75, 3.05) is 13.1 Å². The lowest BCUT2D eigenvalue weighted by molar-refractivity contribution is -0.137. The summed E-state index contributed by atoms with van der Waals surface area (Å²) in [6.07, 6.45) is -2.15. The van der Waals surface area contributed by atoms with Gasteiger partial charge in [0.15, 0.2) is 0 Å². The number of hydrogen-bond donors (Lipinski definition) is 2. The highest BCUT2D eigenvalue weighted by Gasteiger charge is 2.32. The van der Waals surface area contributed by atoms with Crippen molar-refractivity contribution in [2.24, 2.45) is 17.6 Å². The number of nitrogens with two attached hydrogens (primary N) is 1. The van der Waals surface area contributed by atoms with Gasteiger partial charge in [-0.25, -0.2) is 4.39 Å². The first-order chi connectivity index (χ1) is 9.81. The van der Waals surface area contributed by atoms with E-state index in [1.165, 1.54) is 12.8 Å². The van der Waals surface area contributed by atoms with Crippen molar-refractivity contribution >= 4 is 0 Å². The second kappa shape index (κ2) is 6.32. The normalized spacial score (nSPS) is 18.6. The summed E-state index contributed by atoms with van der Waals surface area (Å²) in [5.41, 5.74) is 4.89. The molecule has 21 heavy (non-hydrogen) atoms. The highest BCUT2D eigenvalue weighted by molar-refractivity contribution is 5.29. The molecule has 2 nitrogen and oxygen atoms in total. The van der Waals surface area contributed by atoms with Crippen LogP contribution < -0.4 is 11.1 Å². The smallest absolute Gasteiger partial charge is 0.329 e. The summed E-state index contributed by atoms with van der Waals surface area (Å²) in [5, 5.41) is 3.15. The van der Waals surface area contributed by atoms with E-state index in [1.807, 2.05) is 0 Å². The van der Waals surface area contributed by atoms with Crippen LogP contribution in [0.5, 0.6) is 0 Å². The lowest BCUT2D eigenvalue weighted by Crippen LogP contribution is -2.32. The molecule has 2 atom stereocenters. The first-order valence-corrected chi connectivity index (χ1v) is 7.12. The summed E-state index contributed by atoms with van der Waals surface area (Å²) < 4.78 is 51.6. The molecule has 0 spiro atoms. The van der Waals surface area contributed by atoms with E-state index in [0.717, 1.165) is 12.1 Å². The predicted molar refractivity (Wildman–Crippen MR) is 73.1 cm³/mol. The van der Waals surface area contributed by atoms with Gasteiger partial charge in [0.05, 0.1) is 5.56 Å². The number of halogens is 4. The average Bonchev–Trinajstić information content (AvgIpc) is 3.21. The first kappa shape index (κ1) is 16.2. The summed E-state index contributed by atoms with van der Waals surface area (Å²) in [5.74, 6) is 0.249. The molecule has 6 heteroatoms. The molecular formula is C15H20F4N2. The van der Waals surface area contributed by atoms with E-state index in [9.17, 15) is 17.6 Å². The van der Waals surface area contributed by atoms with Crippen LogP contribution >= 0.6 is 0 Å². The van der Waals surface area contributed by atoms with Crippen LogP contribution in [0.1, 0.15) is 36.9 Å². The Morgan fingerprint density at radius 1 is 1.29 bits per heavy atom. The molecule has 118 valence electrons. The molecule has 3 N–H and O–H groups in total. The van der Waals surface area contributed by atoms with Gasteiger partial charge in [0.1, 0.15) is 5.82 Å². The molecule has 1 aromatic carbocycles. The summed E-state index contributed by atoms with van der Waals surface area (Å²) >= 11 is 0. The number of benzene rings is 1. The third-order valence-corrected chi connectivity index (χ3v) is 4.00. The number of alkyl halides is 3. The predicted octanol–water partition coefficient (Wildman–Crippen LogP) is 3.48. The molecule has 1 fully saturated rings. The summed E-state index contributed by atoms with van der Waals surface area (Å²) in [7, 11) is 0. The Balaban J connectivity index is 2.11. The fraction of sp³-hybridized carbons (Fsp3) is 0.600. The molecule has 0 saturated heterocycles. The molecule has 2 rings (SSSR count). The van der Waals surface area contributed by atoms with Crippen molar-refractivity contribution in [3.8, 4) is 0 Å². The SMILES string of the molecule is CC(CNC(CN)c1cc(F)cc(C(F)(F)F)c1)C1CC1. The topological polar surface area (TPSA) is 38.0 Å². The van der Waals surface area contributed by atoms with Crippen LogP contribution in [0.25, 0.3) is 0 Å². The van der Waals surface area contributed by atoms with Crippen LogP contribution in [0.3, 0.4) is 0 Å². The molecule has 0 radical (unpaired) electrons. The van der Waals surface area contributed by atoms with Gasteiger partial charge in [-0.2, -0.15) is 13.2 Å². The number of rotatable bonds is 6. The molecule has 0 aromatic heterocycles. The largest absolute Gasteiger partial charge is 0.416 e. The minimum Gasteiger partial charge on any atom is -0.329 e. The van der Waals surface area contributed by atoms with Gasteiger partial charge in [0, 0.05) is 12.6 Å². The number of nitrogens with one attached hydrogen (secondary N) is 1. The van der Waals surface area contributed by atoms with Crippen molar-refractivity contribution in [2.45, 2.75) is 32.0 Å². The zero-order chi connectivity index (χ0) is 15.6. The van der Waals surface area contributed by atoms with Gasteiger partial charge in [-0.1, -0.05) is 6.92 Å². The fourth-order valence-electron chi connectivity index (χ4n) is 2.47. The van der Waals surface area contributed by atoms with E-state index in [4.69, 9.17) is 5.73 Å². The van der Waals surface area contributed by atoms with Gasteiger partial charge < -0.3 is 11.1 Å². The second-order valence-corrected chi connectivity index (χ2v) is 5.78. The van der Waals surface area contributed by atoms with Crippen LogP contribution in [0.2, 0.25) is 0 Å². The van der Waals surface area contributed by atoms with Crippen molar-refractivity contribution in [3.63, 3.8) is 0 Å². The minimum absolute atomic E-state index is 0.123. The van der Waals surface area contributed by atoms with Crippen LogP contribution in [-0.2, 0) is 6.18 Å². The van der Waals surface area contributed by atoms with E-state index >= 15 is 0 Å². The van der Waals surface area contributed by atoms with E-state index in [0.29, 0.717) is 24.4 Å². The highest BCUT2D eigenvalue weighted by atomic mass is 19.4. The highest BCUT2D eigenvalue weighted by Crippen LogP contribution is 2.36. The summed E-state index contributed by atoms with van der Waals surface area (Å²) in [4.78, 5) is 0. The molecule has 0 aliphatic heterocycles. The molecule has 0 heterocycles. The average molecular weight is 304 g/mol. The minimum atomic E-state index is -4.56. The molecule has 1 aliphatic carbocycles. The van der Waals surface area contributed by atoms with E-state index in [-0.39, 0.29) is 12.1 Å². The van der Waals surface area contributed by atoms with Gasteiger partial charge in [0.2, 0.25) is 0 Å². The maximum atomic E-state index is 13.4. The van der Waals surface area contributed by atoms with Crippen molar-refractivity contribution in [1.82, 2.24) is 5.32 Å². The third-order valence-electron chi connectivity index (χ3n) is 4.00. The molecule has 1 aliphatic rings. The quantitative estimate of drug-likeness (QED) is 0.790. The molecular weight excluding hydrogens is 284 g/mol. The zero-order valence-corrected chi connectivity index (χ0v) is 11.9. The van der Waals surface area contributed by atoms with E-state index in [1.54, 1.807) is 0 Å². The third kappa shape index (κ3) is 4.41. The van der Waals surface area contributed by atoms with Crippen LogP contribution in [-0.4, -0.2) is 13.1 Å². The lowest BCUT2D eigenvalue weighted by atomic mass is 10.0. The standard InChI is InChI=1S/C15H20F4N2/c1-9(10-2-3-10)8-21-14(7-20)11-4-12(15(17,18)19)6-13(16)5-11/h4-6,9-10,14,21H,2-3,7-8,20H2,1H3.